The largest absolute Gasteiger partial charge is 0.450 e. The van der Waals surface area contributed by atoms with E-state index in [0.29, 0.717) is 25.5 Å². The summed E-state index contributed by atoms with van der Waals surface area (Å²) >= 11 is 0. The topological polar surface area (TPSA) is 136 Å². The van der Waals surface area contributed by atoms with Gasteiger partial charge in [-0.15, -0.1) is 0 Å². The lowest BCUT2D eigenvalue weighted by Crippen LogP contribution is -2.43. The normalized spacial score (nSPS) is 18.0. The lowest BCUT2D eigenvalue weighted by molar-refractivity contribution is -0.138. The van der Waals surface area contributed by atoms with Crippen molar-refractivity contribution in [3.05, 3.63) is 96.6 Å². The SMILES string of the molecule is CCOC(=O)N1CCC[C@H]1c1nc(-c2cnc(-c3ccc(-c4cnc([C@@H]5CCCN5C(=O)[C@@H](c5ccccc5)N(CC)CC)[nH]4)cc3)nc2)c[nH]1. The molecule has 0 spiro atoms. The number of hydrogen-bond donors (Lipinski definition) is 2. The fourth-order valence-corrected chi connectivity index (χ4v) is 7.40. The van der Waals surface area contributed by atoms with E-state index in [1.807, 2.05) is 66.7 Å². The van der Waals surface area contributed by atoms with Crippen LogP contribution in [0.2, 0.25) is 0 Å². The molecule has 5 aromatic rings. The first-order valence-corrected chi connectivity index (χ1v) is 18.0. The lowest BCUT2D eigenvalue weighted by Gasteiger charge is -2.34. The summed E-state index contributed by atoms with van der Waals surface area (Å²) in [6, 6.07) is 17.6. The first-order chi connectivity index (χ1) is 25.0. The molecule has 12 heteroatoms. The molecule has 51 heavy (non-hydrogen) atoms. The predicted molar refractivity (Wildman–Crippen MR) is 194 cm³/mol. The van der Waals surface area contributed by atoms with E-state index in [1.54, 1.807) is 17.3 Å². The van der Waals surface area contributed by atoms with Crippen molar-refractivity contribution in [1.29, 1.82) is 0 Å². The quantitative estimate of drug-likeness (QED) is 0.152. The van der Waals surface area contributed by atoms with E-state index in [2.05, 4.69) is 50.8 Å². The van der Waals surface area contributed by atoms with Gasteiger partial charge in [-0.1, -0.05) is 68.4 Å². The molecule has 264 valence electrons. The standard InChI is InChI=1S/C39H45N9O3/c1-4-46(5-2)34(27-12-8-7-9-13-27)38(49)47-20-10-14-32(47)36-42-24-30(44-36)26-16-18-28(19-17-26)35-40-22-29(23-41-35)31-25-43-37(45-31)33-15-11-21-48(33)39(50)51-6-3/h7-9,12-13,16-19,22-25,32-34H,4-6,10-11,14-15,20-21H2,1-3H3,(H,42,44)(H,43,45)/t32-,33-,34+/m0/s1. The molecular formula is C39H45N9O3. The van der Waals surface area contributed by atoms with Crippen molar-refractivity contribution in [2.24, 2.45) is 0 Å². The van der Waals surface area contributed by atoms with Gasteiger partial charge in [-0.2, -0.15) is 0 Å². The van der Waals surface area contributed by atoms with Crippen LogP contribution in [0.1, 0.15) is 81.8 Å². The Bertz CT molecular complexity index is 1920. The van der Waals surface area contributed by atoms with Crippen LogP contribution in [0.15, 0.2) is 79.4 Å². The van der Waals surface area contributed by atoms with E-state index in [0.717, 1.165) is 84.1 Å². The third kappa shape index (κ3) is 7.01. The van der Waals surface area contributed by atoms with Crippen molar-refractivity contribution < 1.29 is 14.3 Å². The summed E-state index contributed by atoms with van der Waals surface area (Å²) in [6.45, 7) is 9.33. The Morgan fingerprint density at radius 3 is 2.18 bits per heavy atom. The molecule has 5 heterocycles. The molecule has 0 radical (unpaired) electrons. The second kappa shape index (κ2) is 15.3. The van der Waals surface area contributed by atoms with Crippen LogP contribution in [0.25, 0.3) is 33.9 Å². The van der Waals surface area contributed by atoms with E-state index < -0.39 is 0 Å². The molecule has 2 saturated heterocycles. The molecule has 3 aromatic heterocycles. The summed E-state index contributed by atoms with van der Waals surface area (Å²) in [6.07, 6.45) is 10.5. The van der Waals surface area contributed by atoms with Crippen molar-refractivity contribution >= 4 is 12.0 Å². The van der Waals surface area contributed by atoms with Gasteiger partial charge < -0.3 is 19.6 Å². The molecule has 2 N–H and O–H groups in total. The Morgan fingerprint density at radius 2 is 1.49 bits per heavy atom. The molecule has 2 fully saturated rings. The van der Waals surface area contributed by atoms with E-state index in [1.165, 1.54) is 0 Å². The molecule has 2 aliphatic heterocycles. The van der Waals surface area contributed by atoms with Crippen LogP contribution < -0.4 is 0 Å². The number of amides is 2. The number of hydrogen-bond acceptors (Lipinski definition) is 8. The first-order valence-electron chi connectivity index (χ1n) is 18.0. The number of likely N-dealkylation sites (N-methyl/N-ethyl adjacent to an activating group) is 1. The van der Waals surface area contributed by atoms with Crippen molar-refractivity contribution in [2.75, 3.05) is 32.8 Å². The molecule has 2 amide bonds. The Kier molecular flexibility index (Phi) is 10.2. The number of carbonyl (C=O) groups is 2. The Balaban J connectivity index is 1.03. The zero-order valence-corrected chi connectivity index (χ0v) is 29.5. The first kappa shape index (κ1) is 34.1. The number of H-pyrrole nitrogens is 2. The highest BCUT2D eigenvalue weighted by Gasteiger charge is 2.38. The number of carbonyl (C=O) groups excluding carboxylic acids is 2. The third-order valence-corrected chi connectivity index (χ3v) is 10.0. The van der Waals surface area contributed by atoms with E-state index in [4.69, 9.17) is 14.7 Å². The molecule has 7 rings (SSSR count). The average Bonchev–Trinajstić information content (AvgIpc) is 4.01. The smallest absolute Gasteiger partial charge is 0.410 e. The summed E-state index contributed by atoms with van der Waals surface area (Å²) in [4.78, 5) is 58.1. The fourth-order valence-electron chi connectivity index (χ4n) is 7.40. The maximum atomic E-state index is 14.2. The number of benzene rings is 2. The molecule has 0 bridgehead atoms. The van der Waals surface area contributed by atoms with Crippen molar-refractivity contribution in [1.82, 2.24) is 44.6 Å². The zero-order valence-electron chi connectivity index (χ0n) is 29.5. The number of aromatic nitrogens is 6. The Morgan fingerprint density at radius 1 is 0.824 bits per heavy atom. The minimum atomic E-state index is -0.322. The van der Waals surface area contributed by atoms with Crippen LogP contribution >= 0.6 is 0 Å². The van der Waals surface area contributed by atoms with Crippen LogP contribution in [0.3, 0.4) is 0 Å². The fraction of sp³-hybridized carbons (Fsp3) is 0.385. The maximum absolute atomic E-state index is 14.2. The van der Waals surface area contributed by atoms with Gasteiger partial charge in [-0.3, -0.25) is 14.6 Å². The van der Waals surface area contributed by atoms with Gasteiger partial charge in [0.25, 0.3) is 0 Å². The minimum Gasteiger partial charge on any atom is -0.450 e. The van der Waals surface area contributed by atoms with Gasteiger partial charge >= 0.3 is 6.09 Å². The van der Waals surface area contributed by atoms with Gasteiger partial charge in [-0.25, -0.2) is 24.7 Å². The van der Waals surface area contributed by atoms with Crippen molar-refractivity contribution in [3.63, 3.8) is 0 Å². The summed E-state index contributed by atoms with van der Waals surface area (Å²) in [7, 11) is 0. The molecule has 3 atom stereocenters. The number of aromatic amines is 2. The summed E-state index contributed by atoms with van der Waals surface area (Å²) < 4.78 is 5.23. The summed E-state index contributed by atoms with van der Waals surface area (Å²) in [5, 5.41) is 0. The van der Waals surface area contributed by atoms with Gasteiger partial charge in [0.1, 0.15) is 17.7 Å². The zero-order chi connectivity index (χ0) is 35.3. The van der Waals surface area contributed by atoms with Gasteiger partial charge in [0.2, 0.25) is 5.91 Å². The highest BCUT2D eigenvalue weighted by atomic mass is 16.6. The van der Waals surface area contributed by atoms with E-state index >= 15 is 0 Å². The van der Waals surface area contributed by atoms with Crippen LogP contribution in [-0.4, -0.2) is 89.4 Å². The minimum absolute atomic E-state index is 0.0977. The molecule has 0 saturated carbocycles. The number of likely N-dealkylation sites (tertiary alicyclic amines) is 2. The molecule has 2 aromatic carbocycles. The second-order valence-corrected chi connectivity index (χ2v) is 13.0. The highest BCUT2D eigenvalue weighted by Crippen LogP contribution is 2.36. The van der Waals surface area contributed by atoms with Crippen LogP contribution in [0, 0.1) is 0 Å². The molecule has 12 nitrogen and oxygen atoms in total. The molecule has 2 aliphatic rings. The predicted octanol–water partition coefficient (Wildman–Crippen LogP) is 6.96. The maximum Gasteiger partial charge on any atom is 0.410 e. The highest BCUT2D eigenvalue weighted by molar-refractivity contribution is 5.84. The van der Waals surface area contributed by atoms with Gasteiger partial charge in [-0.05, 0) is 56.8 Å². The van der Waals surface area contributed by atoms with E-state index in [9.17, 15) is 9.59 Å². The van der Waals surface area contributed by atoms with Gasteiger partial charge in [0, 0.05) is 42.8 Å². The summed E-state index contributed by atoms with van der Waals surface area (Å²) in [5.41, 5.74) is 5.31. The molecule has 0 unspecified atom stereocenters. The summed E-state index contributed by atoms with van der Waals surface area (Å²) in [5.74, 6) is 2.29. The number of ether oxygens (including phenoxy) is 1. The van der Waals surface area contributed by atoms with Crippen molar-refractivity contribution in [2.45, 2.75) is 64.6 Å². The van der Waals surface area contributed by atoms with Crippen LogP contribution in [-0.2, 0) is 9.53 Å². The average molecular weight is 688 g/mol. The van der Waals surface area contributed by atoms with Crippen LogP contribution in [0.4, 0.5) is 4.79 Å². The Hall–Kier alpha value is -5.36. The third-order valence-electron chi connectivity index (χ3n) is 10.0. The lowest BCUT2D eigenvalue weighted by atomic mass is 10.0. The monoisotopic (exact) mass is 687 g/mol. The number of nitrogens with zero attached hydrogens (tertiary/aromatic N) is 7. The van der Waals surface area contributed by atoms with Gasteiger partial charge in [0.15, 0.2) is 5.82 Å². The number of nitrogens with one attached hydrogen (secondary N) is 2. The number of imidazole rings is 2. The number of rotatable bonds is 11. The van der Waals surface area contributed by atoms with Crippen LogP contribution in [0.5, 0.6) is 0 Å². The van der Waals surface area contributed by atoms with Gasteiger partial charge in [0.05, 0.1) is 36.3 Å². The molecular weight excluding hydrogens is 642 g/mol. The second-order valence-electron chi connectivity index (χ2n) is 13.0. The Labute approximate surface area is 298 Å². The van der Waals surface area contributed by atoms with Crippen molar-refractivity contribution in [3.8, 4) is 33.9 Å². The van der Waals surface area contributed by atoms with E-state index in [-0.39, 0.29) is 30.1 Å². The molecule has 0 aliphatic carbocycles.